The van der Waals surface area contributed by atoms with Gasteiger partial charge in [-0.1, -0.05) is 35.9 Å². The molecule has 2 bridgehead atoms. The maximum Gasteiger partial charge on any atom is 0.311 e. The molecule has 3 aliphatic rings. The topological polar surface area (TPSA) is 87.1 Å². The van der Waals surface area contributed by atoms with Crippen LogP contribution in [0.2, 0.25) is 5.02 Å². The number of aliphatic hydroxyl groups is 1. The van der Waals surface area contributed by atoms with Crippen LogP contribution >= 0.6 is 23.4 Å². The van der Waals surface area contributed by atoms with E-state index in [-0.39, 0.29) is 44.1 Å². The lowest BCUT2D eigenvalue weighted by Gasteiger charge is -2.37. The van der Waals surface area contributed by atoms with E-state index in [0.717, 1.165) is 12.0 Å². The molecule has 1 spiro atoms. The first kappa shape index (κ1) is 28.7. The highest BCUT2D eigenvalue weighted by Gasteiger charge is 2.77. The zero-order valence-electron chi connectivity index (χ0n) is 22.2. The Morgan fingerprint density at radius 2 is 2.05 bits per heavy atom. The summed E-state index contributed by atoms with van der Waals surface area (Å²) in [5, 5.41) is 10.0. The second-order valence-electron chi connectivity index (χ2n) is 10.6. The van der Waals surface area contributed by atoms with Crippen molar-refractivity contribution >= 4 is 46.8 Å². The minimum atomic E-state index is -0.799. The summed E-state index contributed by atoms with van der Waals surface area (Å²) in [4.78, 5) is 45.3. The lowest BCUT2D eigenvalue weighted by Crippen LogP contribution is -2.55. The average molecular weight is 561 g/mol. The van der Waals surface area contributed by atoms with Crippen molar-refractivity contribution in [1.82, 2.24) is 4.90 Å². The fourth-order valence-corrected chi connectivity index (χ4v) is 9.23. The van der Waals surface area contributed by atoms with Crippen LogP contribution in [0.3, 0.4) is 0 Å². The van der Waals surface area contributed by atoms with Crippen LogP contribution in [-0.4, -0.2) is 69.6 Å². The van der Waals surface area contributed by atoms with Crippen molar-refractivity contribution in [3.63, 3.8) is 0 Å². The van der Waals surface area contributed by atoms with Crippen LogP contribution in [0.25, 0.3) is 0 Å². The fourth-order valence-electron chi connectivity index (χ4n) is 6.57. The summed E-state index contributed by atoms with van der Waals surface area (Å²) < 4.78 is 4.40. The minimum Gasteiger partial charge on any atom is -0.465 e. The predicted octanol–water partition coefficient (Wildman–Crippen LogP) is 4.54. The number of aliphatic hydroxyl groups excluding tert-OH is 1. The number of carbonyl (C=O) groups excluding carboxylic acids is 3. The second-order valence-corrected chi connectivity index (χ2v) is 12.9. The van der Waals surface area contributed by atoms with Gasteiger partial charge in [0.25, 0.3) is 5.91 Å². The van der Waals surface area contributed by atoms with Crippen molar-refractivity contribution in [3.8, 4) is 0 Å². The molecule has 0 aromatic heterocycles. The largest absolute Gasteiger partial charge is 0.465 e. The normalized spacial score (nSPS) is 29.3. The van der Waals surface area contributed by atoms with Gasteiger partial charge in [-0.15, -0.1) is 24.9 Å². The number of hydrogen-bond acceptors (Lipinski definition) is 6. The molecule has 0 radical (unpaired) electrons. The lowest BCUT2D eigenvalue weighted by atomic mass is 9.66. The highest BCUT2D eigenvalue weighted by atomic mass is 35.5. The summed E-state index contributed by atoms with van der Waals surface area (Å²) in [5.41, 5.74) is 1.43. The summed E-state index contributed by atoms with van der Waals surface area (Å²) in [6.07, 6.45) is 6.52. The molecular weight excluding hydrogens is 524 g/mol. The van der Waals surface area contributed by atoms with Crippen LogP contribution in [0.1, 0.15) is 44.6 Å². The molecule has 0 aliphatic carbocycles. The summed E-state index contributed by atoms with van der Waals surface area (Å²) >= 11 is 8.19. The van der Waals surface area contributed by atoms with Gasteiger partial charge in [0.15, 0.2) is 0 Å². The predicted molar refractivity (Wildman–Crippen MR) is 151 cm³/mol. The Balaban J connectivity index is 1.75. The number of hydrogen-bond donors (Lipinski definition) is 1. The van der Waals surface area contributed by atoms with Gasteiger partial charge in [-0.25, -0.2) is 0 Å². The molecule has 1 aromatic carbocycles. The van der Waals surface area contributed by atoms with Gasteiger partial charge in [0.05, 0.1) is 33.9 Å². The first-order valence-electron chi connectivity index (χ1n) is 13.2. The Hall–Kier alpha value is -2.29. The number of aryl methyl sites for hydroxylation is 1. The van der Waals surface area contributed by atoms with E-state index >= 15 is 0 Å². The number of nitrogens with zero attached hydrogens (tertiary/aromatic N) is 2. The molecule has 3 saturated heterocycles. The quantitative estimate of drug-likeness (QED) is 0.229. The molecule has 7 nitrogen and oxygen atoms in total. The number of unbranched alkanes of at least 4 members (excludes halogenated alkanes) is 1. The highest BCUT2D eigenvalue weighted by molar-refractivity contribution is 8.02. The van der Waals surface area contributed by atoms with E-state index in [1.807, 2.05) is 26.0 Å². The van der Waals surface area contributed by atoms with Crippen molar-refractivity contribution in [2.75, 3.05) is 31.2 Å². The number of rotatable bonds is 12. The van der Waals surface area contributed by atoms with Crippen LogP contribution in [-0.2, 0) is 19.1 Å². The van der Waals surface area contributed by atoms with E-state index in [9.17, 15) is 19.5 Å². The van der Waals surface area contributed by atoms with Gasteiger partial charge in [-0.2, -0.15) is 0 Å². The average Bonchev–Trinajstić information content (AvgIpc) is 3.44. The zero-order valence-corrected chi connectivity index (χ0v) is 23.7. The van der Waals surface area contributed by atoms with Crippen molar-refractivity contribution in [2.45, 2.75) is 61.5 Å². The van der Waals surface area contributed by atoms with E-state index in [0.29, 0.717) is 36.4 Å². The van der Waals surface area contributed by atoms with E-state index in [2.05, 4.69) is 13.2 Å². The smallest absolute Gasteiger partial charge is 0.311 e. The molecule has 1 N–H and O–H groups in total. The van der Waals surface area contributed by atoms with Crippen LogP contribution in [0, 0.1) is 18.8 Å². The van der Waals surface area contributed by atoms with Crippen LogP contribution in [0.5, 0.6) is 0 Å². The highest BCUT2D eigenvalue weighted by Crippen LogP contribution is 2.71. The molecule has 206 valence electrons. The van der Waals surface area contributed by atoms with Crippen molar-refractivity contribution in [1.29, 1.82) is 0 Å². The molecule has 2 amide bonds. The number of likely N-dealkylation sites (tertiary alicyclic amines) is 1. The molecule has 38 heavy (non-hydrogen) atoms. The Morgan fingerprint density at radius 3 is 2.71 bits per heavy atom. The Labute approximate surface area is 234 Å². The minimum absolute atomic E-state index is 0.109. The molecule has 0 saturated carbocycles. The third-order valence-corrected chi connectivity index (χ3v) is 10.4. The van der Waals surface area contributed by atoms with Crippen molar-refractivity contribution in [2.24, 2.45) is 11.8 Å². The van der Waals surface area contributed by atoms with Crippen LogP contribution < -0.4 is 4.90 Å². The number of para-hydroxylation sites is 1. The number of halogens is 1. The van der Waals surface area contributed by atoms with Crippen molar-refractivity contribution in [3.05, 3.63) is 54.1 Å². The van der Waals surface area contributed by atoms with Crippen LogP contribution in [0.15, 0.2) is 43.5 Å². The molecule has 5 atom stereocenters. The summed E-state index contributed by atoms with van der Waals surface area (Å²) in [7, 11) is 0. The van der Waals surface area contributed by atoms with Gasteiger partial charge < -0.3 is 19.6 Å². The monoisotopic (exact) mass is 560 g/mol. The Bertz CT molecular complexity index is 1110. The first-order valence-corrected chi connectivity index (χ1v) is 14.4. The third kappa shape index (κ3) is 4.69. The van der Waals surface area contributed by atoms with Gasteiger partial charge in [0.2, 0.25) is 5.91 Å². The van der Waals surface area contributed by atoms with E-state index in [1.54, 1.807) is 39.8 Å². The summed E-state index contributed by atoms with van der Waals surface area (Å²) in [6, 6.07) is 4.67. The first-order chi connectivity index (χ1) is 18.2. The number of anilines is 1. The standard InChI is InChI=1S/C29H37ClN2O5S/c1-5-7-8-18-37-27(36)22-21-25(34)32(16-10-17-33)24(29(21)14-13-28(22,4)38-29)26(35)31(15-6-2)23-19(3)11-9-12-20(23)30/h5-6,9,11-12,21-22,24,33H,1-2,7-8,10,13-18H2,3-4H3/t21-,22+,24?,28-,29?/m0/s1. The van der Waals surface area contributed by atoms with E-state index in [4.69, 9.17) is 16.3 Å². The molecule has 9 heteroatoms. The van der Waals surface area contributed by atoms with Crippen LogP contribution in [0.4, 0.5) is 5.69 Å². The number of thioether (sulfide) groups is 1. The number of amides is 2. The SMILES string of the molecule is C=CCCCOC(=O)[C@H]1[C@H]2C(=O)N(CCCO)C(C(=O)N(CC=C)c3c(C)cccc3Cl)C23CC[C@]1(C)S3. The number of allylic oxidation sites excluding steroid dienone is 1. The lowest BCUT2D eigenvalue weighted by molar-refractivity contribution is -0.155. The Morgan fingerprint density at radius 1 is 1.29 bits per heavy atom. The van der Waals surface area contributed by atoms with Gasteiger partial charge >= 0.3 is 5.97 Å². The third-order valence-electron chi connectivity index (χ3n) is 8.15. The van der Waals surface area contributed by atoms with E-state index in [1.165, 1.54) is 0 Å². The maximum absolute atomic E-state index is 14.5. The number of fused-ring (bicyclic) bond motifs is 1. The van der Waals surface area contributed by atoms with Crippen molar-refractivity contribution < 1.29 is 24.2 Å². The molecule has 2 unspecified atom stereocenters. The number of carbonyl (C=O) groups is 3. The summed E-state index contributed by atoms with van der Waals surface area (Å²) in [6.45, 7) is 12.1. The molecule has 3 fully saturated rings. The zero-order chi connectivity index (χ0) is 27.7. The molecule has 1 aromatic rings. The summed E-state index contributed by atoms with van der Waals surface area (Å²) in [5.74, 6) is -2.13. The van der Waals surface area contributed by atoms with Gasteiger partial charge in [0.1, 0.15) is 6.04 Å². The van der Waals surface area contributed by atoms with Gasteiger partial charge in [-0.3, -0.25) is 14.4 Å². The molecular formula is C29H37ClN2O5S. The molecule has 3 aliphatic heterocycles. The fraction of sp³-hybridized carbons (Fsp3) is 0.552. The maximum atomic E-state index is 14.5. The second kappa shape index (κ2) is 11.4. The number of benzene rings is 1. The van der Waals surface area contributed by atoms with Gasteiger partial charge in [-0.05, 0) is 57.6 Å². The van der Waals surface area contributed by atoms with Gasteiger partial charge in [0, 0.05) is 24.4 Å². The number of ether oxygens (including phenoxy) is 1. The molecule has 3 heterocycles. The van der Waals surface area contributed by atoms with E-state index < -0.39 is 27.4 Å². The molecule has 4 rings (SSSR count). The number of esters is 1. The Kier molecular flexibility index (Phi) is 8.65.